The molecule has 0 fully saturated rings. The zero-order chi connectivity index (χ0) is 20.4. The fourth-order valence-corrected chi connectivity index (χ4v) is 3.43. The van der Waals surface area contributed by atoms with E-state index in [1.165, 1.54) is 15.9 Å². The number of benzene rings is 2. The molecular formula is C23H23N5O. The minimum absolute atomic E-state index is 0.0229. The second-order valence-corrected chi connectivity index (χ2v) is 7.29. The molecule has 6 nitrogen and oxygen atoms in total. The lowest BCUT2D eigenvalue weighted by Gasteiger charge is -2.10. The van der Waals surface area contributed by atoms with Crippen LogP contribution in [0.25, 0.3) is 11.4 Å². The summed E-state index contributed by atoms with van der Waals surface area (Å²) < 4.78 is 2.16. The molecule has 0 N–H and O–H groups in total. The highest BCUT2D eigenvalue weighted by molar-refractivity contribution is 5.97. The predicted octanol–water partition coefficient (Wildman–Crippen LogP) is 4.00. The number of aromatic nitrogens is 5. The molecule has 146 valence electrons. The molecule has 0 saturated heterocycles. The van der Waals surface area contributed by atoms with Crippen LogP contribution in [0, 0.1) is 20.8 Å². The van der Waals surface area contributed by atoms with E-state index in [9.17, 15) is 4.79 Å². The first-order valence-corrected chi connectivity index (χ1v) is 9.60. The highest BCUT2D eigenvalue weighted by atomic mass is 16.1. The fraction of sp³-hybridized carbons (Fsp3) is 0.217. The summed E-state index contributed by atoms with van der Waals surface area (Å²) in [5, 5.41) is 12.5. The van der Waals surface area contributed by atoms with Crippen molar-refractivity contribution >= 4 is 5.78 Å². The first kappa shape index (κ1) is 18.8. The van der Waals surface area contributed by atoms with Gasteiger partial charge in [-0.2, -0.15) is 4.80 Å². The molecule has 0 saturated carbocycles. The Hall–Kier alpha value is -3.54. The molecule has 29 heavy (non-hydrogen) atoms. The summed E-state index contributed by atoms with van der Waals surface area (Å²) in [5.74, 6) is 0.498. The van der Waals surface area contributed by atoms with Crippen LogP contribution in [-0.4, -0.2) is 30.6 Å². The van der Waals surface area contributed by atoms with Gasteiger partial charge in [0.1, 0.15) is 6.54 Å². The van der Waals surface area contributed by atoms with Crippen molar-refractivity contribution in [2.24, 2.45) is 0 Å². The monoisotopic (exact) mass is 385 g/mol. The third-order valence-corrected chi connectivity index (χ3v) is 5.11. The number of nitrogens with zero attached hydrogens (tertiary/aromatic N) is 5. The van der Waals surface area contributed by atoms with Crippen molar-refractivity contribution in [3.05, 3.63) is 88.7 Å². The number of carbonyl (C=O) groups excluding carboxylic acids is 1. The quantitative estimate of drug-likeness (QED) is 0.471. The maximum Gasteiger partial charge on any atom is 0.204 e. The van der Waals surface area contributed by atoms with Gasteiger partial charge in [-0.1, -0.05) is 60.2 Å². The molecule has 0 aliphatic rings. The summed E-state index contributed by atoms with van der Waals surface area (Å²) in [4.78, 5) is 14.3. The van der Waals surface area contributed by atoms with Crippen LogP contribution in [0.1, 0.15) is 32.9 Å². The standard InChI is InChI=1S/C23H23N5O/c1-16-9-11-20(12-10-16)23-24-26-28(25-23)15-22(29)21-13-17(2)27(18(21)3)14-19-7-5-4-6-8-19/h4-13H,14-15H2,1-3H3. The van der Waals surface area contributed by atoms with E-state index >= 15 is 0 Å². The van der Waals surface area contributed by atoms with Crippen molar-refractivity contribution < 1.29 is 4.79 Å². The van der Waals surface area contributed by atoms with Crippen molar-refractivity contribution in [2.45, 2.75) is 33.9 Å². The van der Waals surface area contributed by atoms with Gasteiger partial charge in [-0.05, 0) is 37.6 Å². The number of carbonyl (C=O) groups is 1. The van der Waals surface area contributed by atoms with E-state index in [1.54, 1.807) is 0 Å². The number of aryl methyl sites for hydroxylation is 2. The van der Waals surface area contributed by atoms with Gasteiger partial charge < -0.3 is 4.57 Å². The van der Waals surface area contributed by atoms with E-state index in [0.717, 1.165) is 23.5 Å². The average Bonchev–Trinajstić information content (AvgIpc) is 3.29. The van der Waals surface area contributed by atoms with Gasteiger partial charge in [-0.3, -0.25) is 4.79 Å². The van der Waals surface area contributed by atoms with Gasteiger partial charge in [-0.15, -0.1) is 10.2 Å². The molecule has 2 heterocycles. The van der Waals surface area contributed by atoms with E-state index in [1.807, 2.05) is 69.3 Å². The maximum absolute atomic E-state index is 12.9. The van der Waals surface area contributed by atoms with E-state index < -0.39 is 0 Å². The van der Waals surface area contributed by atoms with Crippen LogP contribution in [0.15, 0.2) is 60.7 Å². The Bertz CT molecular complexity index is 1140. The average molecular weight is 385 g/mol. The fourth-order valence-electron chi connectivity index (χ4n) is 3.43. The summed E-state index contributed by atoms with van der Waals surface area (Å²) >= 11 is 0. The summed E-state index contributed by atoms with van der Waals surface area (Å²) in [6.45, 7) is 6.84. The number of ketones is 1. The van der Waals surface area contributed by atoms with Crippen molar-refractivity contribution in [3.8, 4) is 11.4 Å². The molecule has 4 rings (SSSR count). The third kappa shape index (κ3) is 4.01. The number of hydrogen-bond donors (Lipinski definition) is 0. The number of tetrazole rings is 1. The molecule has 4 aromatic rings. The third-order valence-electron chi connectivity index (χ3n) is 5.11. The second-order valence-electron chi connectivity index (χ2n) is 7.29. The maximum atomic E-state index is 12.9. The molecule has 0 bridgehead atoms. The van der Waals surface area contributed by atoms with Gasteiger partial charge in [0.05, 0.1) is 0 Å². The Labute approximate surface area is 169 Å². The van der Waals surface area contributed by atoms with Gasteiger partial charge in [0.15, 0.2) is 5.78 Å². The van der Waals surface area contributed by atoms with Crippen molar-refractivity contribution in [3.63, 3.8) is 0 Å². The van der Waals surface area contributed by atoms with Crippen molar-refractivity contribution in [1.82, 2.24) is 24.8 Å². The Kier molecular flexibility index (Phi) is 5.08. The summed E-state index contributed by atoms with van der Waals surface area (Å²) in [6, 6.07) is 20.1. The van der Waals surface area contributed by atoms with Gasteiger partial charge in [0, 0.05) is 29.1 Å². The minimum Gasteiger partial charge on any atom is -0.344 e. The van der Waals surface area contributed by atoms with Crippen LogP contribution in [0.5, 0.6) is 0 Å². The van der Waals surface area contributed by atoms with E-state index in [2.05, 4.69) is 32.1 Å². The van der Waals surface area contributed by atoms with Crippen molar-refractivity contribution in [2.75, 3.05) is 0 Å². The molecule has 0 aliphatic carbocycles. The Morgan fingerprint density at radius 2 is 1.69 bits per heavy atom. The number of hydrogen-bond acceptors (Lipinski definition) is 4. The SMILES string of the molecule is Cc1ccc(-c2nnn(CC(=O)c3cc(C)n(Cc4ccccc4)c3C)n2)cc1. The summed E-state index contributed by atoms with van der Waals surface area (Å²) in [5.41, 5.74) is 5.97. The zero-order valence-corrected chi connectivity index (χ0v) is 16.8. The molecule has 2 aromatic carbocycles. The highest BCUT2D eigenvalue weighted by Gasteiger charge is 2.18. The highest BCUT2D eigenvalue weighted by Crippen LogP contribution is 2.19. The van der Waals surface area contributed by atoms with Crippen LogP contribution in [0.2, 0.25) is 0 Å². The summed E-state index contributed by atoms with van der Waals surface area (Å²) in [7, 11) is 0. The number of rotatable bonds is 6. The molecule has 0 atom stereocenters. The largest absolute Gasteiger partial charge is 0.344 e. The Morgan fingerprint density at radius 1 is 0.966 bits per heavy atom. The topological polar surface area (TPSA) is 65.6 Å². The lowest BCUT2D eigenvalue weighted by atomic mass is 10.1. The normalized spacial score (nSPS) is 11.0. The van der Waals surface area contributed by atoms with E-state index in [-0.39, 0.29) is 12.3 Å². The van der Waals surface area contributed by atoms with E-state index in [0.29, 0.717) is 11.4 Å². The van der Waals surface area contributed by atoms with Crippen LogP contribution in [0.4, 0.5) is 0 Å². The van der Waals surface area contributed by atoms with E-state index in [4.69, 9.17) is 0 Å². The zero-order valence-electron chi connectivity index (χ0n) is 16.8. The van der Waals surface area contributed by atoms with Gasteiger partial charge in [0.2, 0.25) is 5.82 Å². The van der Waals surface area contributed by atoms with Crippen LogP contribution in [0.3, 0.4) is 0 Å². The number of Topliss-reactive ketones (excluding diaryl/α,β-unsaturated/α-hetero) is 1. The van der Waals surface area contributed by atoms with Crippen LogP contribution < -0.4 is 0 Å². The Morgan fingerprint density at radius 3 is 2.41 bits per heavy atom. The molecule has 0 aliphatic heterocycles. The molecule has 6 heteroatoms. The minimum atomic E-state index is -0.0229. The summed E-state index contributed by atoms with van der Waals surface area (Å²) in [6.07, 6.45) is 0. The lowest BCUT2D eigenvalue weighted by molar-refractivity contribution is 0.0960. The van der Waals surface area contributed by atoms with Gasteiger partial charge >= 0.3 is 0 Å². The molecule has 0 spiro atoms. The predicted molar refractivity (Wildman–Crippen MR) is 112 cm³/mol. The first-order valence-electron chi connectivity index (χ1n) is 9.60. The lowest BCUT2D eigenvalue weighted by Crippen LogP contribution is -2.14. The molecule has 2 aromatic heterocycles. The smallest absolute Gasteiger partial charge is 0.204 e. The molecular weight excluding hydrogens is 362 g/mol. The van der Waals surface area contributed by atoms with Gasteiger partial charge in [-0.25, -0.2) is 0 Å². The molecule has 0 unspecified atom stereocenters. The molecule has 0 radical (unpaired) electrons. The van der Waals surface area contributed by atoms with Crippen LogP contribution >= 0.6 is 0 Å². The Balaban J connectivity index is 1.52. The second kappa shape index (κ2) is 7.83. The molecule has 0 amide bonds. The van der Waals surface area contributed by atoms with Crippen molar-refractivity contribution in [1.29, 1.82) is 0 Å². The first-order chi connectivity index (χ1) is 14.0. The van der Waals surface area contributed by atoms with Gasteiger partial charge in [0.25, 0.3) is 0 Å². The van der Waals surface area contributed by atoms with Crippen LogP contribution in [-0.2, 0) is 13.1 Å².